The number of anilines is 1. The van der Waals surface area contributed by atoms with Crippen molar-refractivity contribution >= 4 is 29.4 Å². The van der Waals surface area contributed by atoms with E-state index in [1.54, 1.807) is 48.7 Å². The predicted octanol–water partition coefficient (Wildman–Crippen LogP) is 3.50. The zero-order valence-corrected chi connectivity index (χ0v) is 17.3. The number of nitrogens with zero attached hydrogens (tertiary/aromatic N) is 1. The maximum Gasteiger partial charge on any atom is 0.320 e. The first kappa shape index (κ1) is 21.9. The second kappa shape index (κ2) is 10.8. The molecular formula is C22H21ClN4O4. The van der Waals surface area contributed by atoms with E-state index in [0.29, 0.717) is 22.3 Å². The summed E-state index contributed by atoms with van der Waals surface area (Å²) in [4.78, 5) is 27.3. The Labute approximate surface area is 184 Å². The van der Waals surface area contributed by atoms with Crippen LogP contribution < -0.4 is 25.8 Å². The molecule has 0 fully saturated rings. The van der Waals surface area contributed by atoms with Crippen LogP contribution in [0, 0.1) is 0 Å². The number of rotatable bonds is 9. The number of primary amides is 1. The van der Waals surface area contributed by atoms with Crippen LogP contribution in [-0.4, -0.2) is 23.5 Å². The number of amides is 3. The fraction of sp³-hybridized carbons (Fsp3) is 0.136. The molecule has 0 atom stereocenters. The summed E-state index contributed by atoms with van der Waals surface area (Å²) in [5.74, 6) is 0.645. The molecule has 3 amide bonds. The smallest absolute Gasteiger partial charge is 0.320 e. The van der Waals surface area contributed by atoms with Crippen LogP contribution in [0.3, 0.4) is 0 Å². The van der Waals surface area contributed by atoms with E-state index in [2.05, 4.69) is 15.6 Å². The largest absolute Gasteiger partial charge is 0.485 e. The van der Waals surface area contributed by atoms with E-state index >= 15 is 0 Å². The Bertz CT molecular complexity index is 1060. The highest BCUT2D eigenvalue weighted by atomic mass is 35.5. The molecule has 31 heavy (non-hydrogen) atoms. The number of nitrogens with two attached hydrogens (primary N) is 1. The van der Waals surface area contributed by atoms with Crippen molar-refractivity contribution in [3.8, 4) is 11.5 Å². The molecule has 160 valence electrons. The number of hydrogen-bond acceptors (Lipinski definition) is 5. The number of aromatic nitrogens is 1. The van der Waals surface area contributed by atoms with Crippen molar-refractivity contribution in [1.29, 1.82) is 0 Å². The third-order valence-corrected chi connectivity index (χ3v) is 4.25. The maximum absolute atomic E-state index is 12.3. The molecule has 0 unspecified atom stereocenters. The number of benzene rings is 2. The molecule has 0 aliphatic rings. The first-order valence-corrected chi connectivity index (χ1v) is 9.74. The fourth-order valence-electron chi connectivity index (χ4n) is 2.62. The van der Waals surface area contributed by atoms with Gasteiger partial charge >= 0.3 is 6.03 Å². The number of urea groups is 1. The molecule has 3 aromatic rings. The van der Waals surface area contributed by atoms with Gasteiger partial charge in [0.25, 0.3) is 5.91 Å². The Hall–Kier alpha value is -3.78. The summed E-state index contributed by atoms with van der Waals surface area (Å²) in [5, 5.41) is 6.04. The first-order chi connectivity index (χ1) is 15.0. The molecule has 0 aliphatic heterocycles. The van der Waals surface area contributed by atoms with Gasteiger partial charge in [-0.1, -0.05) is 35.9 Å². The number of halogens is 1. The topological polar surface area (TPSA) is 116 Å². The second-order valence-corrected chi connectivity index (χ2v) is 6.92. The van der Waals surface area contributed by atoms with Gasteiger partial charge in [0.2, 0.25) is 0 Å². The van der Waals surface area contributed by atoms with Crippen molar-refractivity contribution in [2.45, 2.75) is 13.2 Å². The van der Waals surface area contributed by atoms with Crippen molar-refractivity contribution in [2.24, 2.45) is 5.73 Å². The van der Waals surface area contributed by atoms with Gasteiger partial charge in [-0.05, 0) is 47.5 Å². The number of nitrogens with one attached hydrogen (secondary N) is 2. The molecule has 0 spiro atoms. The van der Waals surface area contributed by atoms with Gasteiger partial charge in [-0.15, -0.1) is 0 Å². The summed E-state index contributed by atoms with van der Waals surface area (Å²) in [6.07, 6.45) is 1.56. The van der Waals surface area contributed by atoms with Gasteiger partial charge in [0.05, 0.1) is 0 Å². The molecule has 0 saturated carbocycles. The highest BCUT2D eigenvalue weighted by molar-refractivity contribution is 6.30. The van der Waals surface area contributed by atoms with Gasteiger partial charge in [-0.2, -0.15) is 0 Å². The molecule has 2 aromatic carbocycles. The van der Waals surface area contributed by atoms with Crippen molar-refractivity contribution in [3.05, 3.63) is 83.0 Å². The molecule has 1 aromatic heterocycles. The Morgan fingerprint density at radius 3 is 2.61 bits per heavy atom. The zero-order valence-electron chi connectivity index (χ0n) is 16.5. The van der Waals surface area contributed by atoms with E-state index in [9.17, 15) is 9.59 Å². The molecule has 0 radical (unpaired) electrons. The Morgan fingerprint density at radius 1 is 1.00 bits per heavy atom. The van der Waals surface area contributed by atoms with E-state index < -0.39 is 11.9 Å². The lowest BCUT2D eigenvalue weighted by molar-refractivity contribution is -0.119. The minimum atomic E-state index is -0.563. The van der Waals surface area contributed by atoms with Crippen molar-refractivity contribution in [3.63, 3.8) is 0 Å². The summed E-state index contributed by atoms with van der Waals surface area (Å²) in [5.41, 5.74) is 6.75. The minimum Gasteiger partial charge on any atom is -0.485 e. The molecule has 4 N–H and O–H groups in total. The molecule has 8 nitrogen and oxygen atoms in total. The average Bonchev–Trinajstić information content (AvgIpc) is 2.76. The lowest BCUT2D eigenvalue weighted by Gasteiger charge is -2.12. The fourth-order valence-corrected chi connectivity index (χ4v) is 2.84. The summed E-state index contributed by atoms with van der Waals surface area (Å²) in [7, 11) is 0. The Kier molecular flexibility index (Phi) is 7.67. The van der Waals surface area contributed by atoms with Crippen molar-refractivity contribution < 1.29 is 19.1 Å². The van der Waals surface area contributed by atoms with Gasteiger partial charge in [0.15, 0.2) is 18.2 Å². The number of hydrogen-bond donors (Lipinski definition) is 3. The van der Waals surface area contributed by atoms with E-state index in [4.69, 9.17) is 26.8 Å². The maximum atomic E-state index is 12.3. The van der Waals surface area contributed by atoms with Crippen LogP contribution in [0.25, 0.3) is 0 Å². The van der Waals surface area contributed by atoms with Crippen LogP contribution in [0.2, 0.25) is 5.02 Å². The van der Waals surface area contributed by atoms with Crippen LogP contribution >= 0.6 is 11.6 Å². The first-order valence-electron chi connectivity index (χ1n) is 9.37. The van der Waals surface area contributed by atoms with Gasteiger partial charge < -0.3 is 20.5 Å². The molecule has 3 rings (SSSR count). The molecular weight excluding hydrogens is 420 g/mol. The highest BCUT2D eigenvalue weighted by Crippen LogP contribution is 2.22. The van der Waals surface area contributed by atoms with Crippen LogP contribution in [0.1, 0.15) is 11.1 Å². The Morgan fingerprint density at radius 2 is 1.81 bits per heavy atom. The summed E-state index contributed by atoms with van der Waals surface area (Å²) in [6.45, 7) is 0.306. The van der Waals surface area contributed by atoms with Crippen molar-refractivity contribution in [2.75, 3.05) is 11.9 Å². The predicted molar refractivity (Wildman–Crippen MR) is 117 cm³/mol. The summed E-state index contributed by atoms with van der Waals surface area (Å²) < 4.78 is 11.0. The quantitative estimate of drug-likeness (QED) is 0.471. The lowest BCUT2D eigenvalue weighted by atomic mass is 10.2. The number of carbonyl (C=O) groups is 2. The van der Waals surface area contributed by atoms with Crippen molar-refractivity contribution in [1.82, 2.24) is 10.3 Å². The second-order valence-electron chi connectivity index (χ2n) is 6.48. The van der Waals surface area contributed by atoms with Crippen LogP contribution in [0.15, 0.2) is 66.9 Å². The van der Waals surface area contributed by atoms with Crippen LogP contribution in [0.4, 0.5) is 10.6 Å². The average molecular weight is 441 g/mol. The number of pyridine rings is 1. The minimum absolute atomic E-state index is 0.213. The van der Waals surface area contributed by atoms with Crippen LogP contribution in [0.5, 0.6) is 11.5 Å². The molecule has 0 aliphatic carbocycles. The summed E-state index contributed by atoms with van der Waals surface area (Å²) in [6, 6.07) is 17.3. The summed E-state index contributed by atoms with van der Waals surface area (Å²) >= 11 is 5.99. The molecule has 0 saturated heterocycles. The monoisotopic (exact) mass is 440 g/mol. The zero-order chi connectivity index (χ0) is 22.1. The highest BCUT2D eigenvalue weighted by Gasteiger charge is 2.10. The van der Waals surface area contributed by atoms with E-state index in [1.807, 2.05) is 18.2 Å². The molecule has 0 bridgehead atoms. The van der Waals surface area contributed by atoms with Gasteiger partial charge in [-0.3, -0.25) is 10.1 Å². The van der Waals surface area contributed by atoms with Gasteiger partial charge in [0.1, 0.15) is 12.4 Å². The van der Waals surface area contributed by atoms with E-state index in [1.165, 1.54) is 0 Å². The molecule has 1 heterocycles. The van der Waals surface area contributed by atoms with E-state index in [0.717, 1.165) is 11.1 Å². The molecule has 9 heteroatoms. The third-order valence-electron chi connectivity index (χ3n) is 4.02. The third kappa shape index (κ3) is 7.20. The lowest BCUT2D eigenvalue weighted by Crippen LogP contribution is -2.28. The Balaban J connectivity index is 1.55. The normalized spacial score (nSPS) is 10.2. The van der Waals surface area contributed by atoms with Gasteiger partial charge in [0, 0.05) is 17.8 Å². The standard InChI is InChI=1S/C22H21ClN4O4/c23-17-6-1-5-16(10-17)13-31-19-8-3-9-25-21(19)27-22(29)26-12-15-4-2-7-18(11-15)30-14-20(24)28/h1-11H,12-14H2,(H2,24,28)(H2,25,26,27,29). The van der Waals surface area contributed by atoms with Crippen LogP contribution in [-0.2, 0) is 17.9 Å². The SMILES string of the molecule is NC(=O)COc1cccc(CNC(=O)Nc2ncccc2OCc2cccc(Cl)c2)c1. The number of carbonyl (C=O) groups excluding carboxylic acids is 2. The number of ether oxygens (including phenoxy) is 2. The van der Waals surface area contributed by atoms with Gasteiger partial charge in [-0.25, -0.2) is 9.78 Å². The van der Waals surface area contributed by atoms with E-state index in [-0.39, 0.29) is 19.8 Å².